The molecule has 0 radical (unpaired) electrons. The van der Waals surface area contributed by atoms with Crippen LogP contribution in [-0.4, -0.2) is 68.6 Å². The van der Waals surface area contributed by atoms with Crippen molar-refractivity contribution in [3.05, 3.63) is 23.9 Å². The average molecular weight is 407 g/mol. The number of hydrogen-bond donors (Lipinski definition) is 3. The second-order valence-corrected chi connectivity index (χ2v) is 7.93. The van der Waals surface area contributed by atoms with E-state index in [1.165, 1.54) is 0 Å². The Balaban J connectivity index is 1.70. The number of guanidine groups is 1. The van der Waals surface area contributed by atoms with E-state index in [4.69, 9.17) is 9.47 Å². The summed E-state index contributed by atoms with van der Waals surface area (Å²) >= 11 is 0. The fraction of sp³-hybridized carbons (Fsp3) is 0.650. The van der Waals surface area contributed by atoms with Gasteiger partial charge in [0, 0.05) is 46.0 Å². The molecule has 3 N–H and O–H groups in total. The molecule has 0 bridgehead atoms. The number of carbonyl (C=O) groups is 1. The summed E-state index contributed by atoms with van der Waals surface area (Å²) in [5, 5.41) is 9.09. The summed E-state index contributed by atoms with van der Waals surface area (Å²) in [5.74, 6) is 1.63. The molecule has 1 fully saturated rings. The number of pyridine rings is 1. The SMILES string of the molecule is CN=C(NCCNC(=O)OC(C)(C)C)NCc1ccc(N2CCOC(C)C2)nc1. The van der Waals surface area contributed by atoms with Gasteiger partial charge in [0.25, 0.3) is 0 Å². The number of amides is 1. The summed E-state index contributed by atoms with van der Waals surface area (Å²) in [7, 11) is 1.71. The molecule has 9 heteroatoms. The molecule has 0 saturated carbocycles. The molecule has 162 valence electrons. The minimum Gasteiger partial charge on any atom is -0.444 e. The predicted octanol–water partition coefficient (Wildman–Crippen LogP) is 1.50. The molecule has 1 aliphatic heterocycles. The summed E-state index contributed by atoms with van der Waals surface area (Å²) in [6, 6.07) is 4.10. The number of alkyl carbamates (subject to hydrolysis) is 1. The van der Waals surface area contributed by atoms with Crippen molar-refractivity contribution in [3.8, 4) is 0 Å². The Kier molecular flexibility index (Phi) is 8.50. The van der Waals surface area contributed by atoms with Crippen LogP contribution >= 0.6 is 0 Å². The minimum absolute atomic E-state index is 0.228. The molecule has 9 nitrogen and oxygen atoms in total. The third kappa shape index (κ3) is 8.55. The monoisotopic (exact) mass is 406 g/mol. The first-order chi connectivity index (χ1) is 13.8. The standard InChI is InChI=1S/C20H34N6O3/c1-15-14-26(10-11-28-15)17-7-6-16(12-24-17)13-25-18(21-5)22-8-9-23-19(27)29-20(2,3)4/h6-7,12,15H,8-11,13-14H2,1-5H3,(H,23,27)(H2,21,22,25). The molecule has 2 rings (SSSR count). The number of aliphatic imine (C=N–C) groups is 1. The molecule has 1 unspecified atom stereocenters. The largest absolute Gasteiger partial charge is 0.444 e. The number of aromatic nitrogens is 1. The van der Waals surface area contributed by atoms with E-state index in [2.05, 4.69) is 43.8 Å². The van der Waals surface area contributed by atoms with Gasteiger partial charge in [-0.3, -0.25) is 4.99 Å². The van der Waals surface area contributed by atoms with Gasteiger partial charge in [0.2, 0.25) is 0 Å². The van der Waals surface area contributed by atoms with Crippen LogP contribution in [0.25, 0.3) is 0 Å². The second-order valence-electron chi connectivity index (χ2n) is 7.93. The molecule has 0 spiro atoms. The molecule has 1 atom stereocenters. The molecule has 2 heterocycles. The molecule has 1 aromatic heterocycles. The zero-order valence-electron chi connectivity index (χ0n) is 18.1. The third-order valence-corrected chi connectivity index (χ3v) is 4.14. The molecule has 0 aromatic carbocycles. The molecule has 1 aliphatic rings. The molecule has 29 heavy (non-hydrogen) atoms. The highest BCUT2D eigenvalue weighted by Gasteiger charge is 2.18. The van der Waals surface area contributed by atoms with Gasteiger partial charge in [-0.2, -0.15) is 0 Å². The number of rotatable bonds is 6. The molecule has 1 aromatic rings. The summed E-state index contributed by atoms with van der Waals surface area (Å²) in [6.07, 6.45) is 1.67. The topological polar surface area (TPSA) is 100 Å². The van der Waals surface area contributed by atoms with Gasteiger partial charge in [-0.25, -0.2) is 9.78 Å². The van der Waals surface area contributed by atoms with Crippen molar-refractivity contribution >= 4 is 17.9 Å². The predicted molar refractivity (Wildman–Crippen MR) is 114 cm³/mol. The number of morpholine rings is 1. The van der Waals surface area contributed by atoms with Crippen molar-refractivity contribution in [1.82, 2.24) is 20.9 Å². The fourth-order valence-corrected chi connectivity index (χ4v) is 2.80. The number of nitrogens with zero attached hydrogens (tertiary/aromatic N) is 3. The zero-order valence-corrected chi connectivity index (χ0v) is 18.1. The Hall–Kier alpha value is -2.55. The van der Waals surface area contributed by atoms with Gasteiger partial charge in [0.1, 0.15) is 11.4 Å². The first-order valence-corrected chi connectivity index (χ1v) is 9.99. The van der Waals surface area contributed by atoms with E-state index < -0.39 is 11.7 Å². The summed E-state index contributed by atoms with van der Waals surface area (Å²) < 4.78 is 10.8. The van der Waals surface area contributed by atoms with Crippen molar-refractivity contribution in [1.29, 1.82) is 0 Å². The lowest BCUT2D eigenvalue weighted by Crippen LogP contribution is -2.42. The van der Waals surface area contributed by atoms with Crippen molar-refractivity contribution in [3.63, 3.8) is 0 Å². The summed E-state index contributed by atoms with van der Waals surface area (Å²) in [4.78, 5) is 22.6. The second kappa shape index (κ2) is 10.8. The van der Waals surface area contributed by atoms with Crippen LogP contribution in [0.4, 0.5) is 10.6 Å². The van der Waals surface area contributed by atoms with E-state index in [0.717, 1.165) is 31.1 Å². The Morgan fingerprint density at radius 1 is 1.31 bits per heavy atom. The van der Waals surface area contributed by atoms with Gasteiger partial charge in [0.05, 0.1) is 12.7 Å². The Morgan fingerprint density at radius 2 is 2.07 bits per heavy atom. The van der Waals surface area contributed by atoms with E-state index >= 15 is 0 Å². The van der Waals surface area contributed by atoms with Crippen molar-refractivity contribution in [2.45, 2.75) is 45.9 Å². The van der Waals surface area contributed by atoms with Crippen LogP contribution in [0.2, 0.25) is 0 Å². The number of ether oxygens (including phenoxy) is 2. The van der Waals surface area contributed by atoms with Crippen LogP contribution in [0.1, 0.15) is 33.3 Å². The first-order valence-electron chi connectivity index (χ1n) is 9.99. The van der Waals surface area contributed by atoms with E-state index in [9.17, 15) is 4.79 Å². The van der Waals surface area contributed by atoms with E-state index in [-0.39, 0.29) is 6.10 Å². The van der Waals surface area contributed by atoms with Crippen molar-refractivity contribution in [2.24, 2.45) is 4.99 Å². The maximum atomic E-state index is 11.6. The van der Waals surface area contributed by atoms with Crippen LogP contribution < -0.4 is 20.9 Å². The van der Waals surface area contributed by atoms with Gasteiger partial charge < -0.3 is 30.3 Å². The van der Waals surface area contributed by atoms with Crippen molar-refractivity contribution < 1.29 is 14.3 Å². The molecule has 1 amide bonds. The van der Waals surface area contributed by atoms with E-state index in [1.807, 2.05) is 33.0 Å². The van der Waals surface area contributed by atoms with Crippen LogP contribution in [0.3, 0.4) is 0 Å². The lowest BCUT2D eigenvalue weighted by molar-refractivity contribution is 0.0525. The third-order valence-electron chi connectivity index (χ3n) is 4.14. The van der Waals surface area contributed by atoms with Gasteiger partial charge in [-0.1, -0.05) is 6.07 Å². The Labute approximate surface area is 173 Å². The Morgan fingerprint density at radius 3 is 2.69 bits per heavy atom. The summed E-state index contributed by atoms with van der Waals surface area (Å²) in [5.41, 5.74) is 0.559. The van der Waals surface area contributed by atoms with E-state index in [0.29, 0.717) is 25.6 Å². The lowest BCUT2D eigenvalue weighted by Gasteiger charge is -2.32. The van der Waals surface area contributed by atoms with Crippen LogP contribution in [0.15, 0.2) is 23.3 Å². The molecule has 0 aliphatic carbocycles. The van der Waals surface area contributed by atoms with Crippen molar-refractivity contribution in [2.75, 3.05) is 44.7 Å². The highest BCUT2D eigenvalue weighted by Crippen LogP contribution is 2.15. The number of nitrogens with one attached hydrogen (secondary N) is 3. The normalized spacial score (nSPS) is 17.6. The van der Waals surface area contributed by atoms with E-state index in [1.54, 1.807) is 7.05 Å². The number of anilines is 1. The highest BCUT2D eigenvalue weighted by atomic mass is 16.6. The number of carbonyl (C=O) groups excluding carboxylic acids is 1. The maximum absolute atomic E-state index is 11.6. The average Bonchev–Trinajstić information content (AvgIpc) is 2.66. The smallest absolute Gasteiger partial charge is 0.407 e. The Bertz CT molecular complexity index is 672. The zero-order chi connectivity index (χ0) is 21.3. The number of hydrogen-bond acceptors (Lipinski definition) is 6. The highest BCUT2D eigenvalue weighted by molar-refractivity contribution is 5.79. The first kappa shape index (κ1) is 22.7. The maximum Gasteiger partial charge on any atom is 0.407 e. The van der Waals surface area contributed by atoms with Crippen LogP contribution in [-0.2, 0) is 16.0 Å². The van der Waals surface area contributed by atoms with Gasteiger partial charge in [0.15, 0.2) is 5.96 Å². The molecular weight excluding hydrogens is 372 g/mol. The fourth-order valence-electron chi connectivity index (χ4n) is 2.80. The quantitative estimate of drug-likeness (QED) is 0.374. The van der Waals surface area contributed by atoms with Gasteiger partial charge >= 0.3 is 6.09 Å². The van der Waals surface area contributed by atoms with Crippen LogP contribution in [0.5, 0.6) is 0 Å². The molecule has 1 saturated heterocycles. The van der Waals surface area contributed by atoms with Gasteiger partial charge in [-0.15, -0.1) is 0 Å². The van der Waals surface area contributed by atoms with Gasteiger partial charge in [-0.05, 0) is 39.3 Å². The molecular formula is C20H34N6O3. The summed E-state index contributed by atoms with van der Waals surface area (Å²) in [6.45, 7) is 11.6. The minimum atomic E-state index is -0.501. The lowest BCUT2D eigenvalue weighted by atomic mass is 10.2. The van der Waals surface area contributed by atoms with Crippen LogP contribution in [0, 0.1) is 0 Å².